The Labute approximate surface area is 101 Å². The molecule has 0 fully saturated rings. The molecule has 0 saturated carbocycles. The fourth-order valence-corrected chi connectivity index (χ4v) is 2.76. The summed E-state index contributed by atoms with van der Waals surface area (Å²) in [6.45, 7) is 4.52. The molecule has 0 radical (unpaired) electrons. The van der Waals surface area contributed by atoms with Crippen LogP contribution in [0.25, 0.3) is 0 Å². The highest BCUT2D eigenvalue weighted by Crippen LogP contribution is 2.22. The molecule has 0 spiro atoms. The zero-order valence-corrected chi connectivity index (χ0v) is 11.2. The van der Waals surface area contributed by atoms with Crippen molar-refractivity contribution in [3.63, 3.8) is 0 Å². The van der Waals surface area contributed by atoms with Crippen molar-refractivity contribution in [1.82, 2.24) is 9.55 Å². The van der Waals surface area contributed by atoms with Gasteiger partial charge in [-0.15, -0.1) is 11.6 Å². The van der Waals surface area contributed by atoms with Gasteiger partial charge in [-0.3, -0.25) is 0 Å². The lowest BCUT2D eigenvalue weighted by atomic mass is 10.1. The Kier molecular flexibility index (Phi) is 5.54. The van der Waals surface area contributed by atoms with Crippen molar-refractivity contribution in [1.29, 1.82) is 0 Å². The van der Waals surface area contributed by atoms with Crippen LogP contribution >= 0.6 is 23.4 Å². The molecule has 0 saturated heterocycles. The maximum absolute atomic E-state index is 5.79. The van der Waals surface area contributed by atoms with E-state index in [1.165, 1.54) is 12.8 Å². The van der Waals surface area contributed by atoms with Crippen LogP contribution in [-0.4, -0.2) is 15.3 Å². The first-order valence-electron chi connectivity index (χ1n) is 5.38. The molecule has 1 heterocycles. The molecule has 1 aromatic rings. The third kappa shape index (κ3) is 3.72. The zero-order chi connectivity index (χ0) is 11.3. The Morgan fingerprint density at radius 3 is 2.87 bits per heavy atom. The lowest BCUT2D eigenvalue weighted by molar-refractivity contribution is 0.584. The third-order valence-electron chi connectivity index (χ3n) is 2.46. The fourth-order valence-electron chi connectivity index (χ4n) is 1.48. The molecule has 15 heavy (non-hydrogen) atoms. The van der Waals surface area contributed by atoms with Crippen LogP contribution in [0.5, 0.6) is 0 Å². The van der Waals surface area contributed by atoms with Crippen LogP contribution in [0.3, 0.4) is 0 Å². The minimum Gasteiger partial charge on any atom is -0.325 e. The van der Waals surface area contributed by atoms with Crippen molar-refractivity contribution >= 4 is 23.4 Å². The summed E-state index contributed by atoms with van der Waals surface area (Å²) >= 11 is 7.61. The van der Waals surface area contributed by atoms with Crippen molar-refractivity contribution in [3.05, 3.63) is 11.9 Å². The number of halogens is 1. The molecule has 0 aliphatic heterocycles. The van der Waals surface area contributed by atoms with Crippen LogP contribution in [0, 0.1) is 5.92 Å². The first-order chi connectivity index (χ1) is 7.19. The van der Waals surface area contributed by atoms with Crippen LogP contribution in [0.15, 0.2) is 11.4 Å². The van der Waals surface area contributed by atoms with Crippen molar-refractivity contribution < 1.29 is 0 Å². The molecule has 0 bridgehead atoms. The maximum Gasteiger partial charge on any atom is 0.167 e. The highest BCUT2D eigenvalue weighted by atomic mass is 35.5. The van der Waals surface area contributed by atoms with Gasteiger partial charge < -0.3 is 4.57 Å². The normalized spacial score (nSPS) is 13.1. The van der Waals surface area contributed by atoms with Gasteiger partial charge in [-0.2, -0.15) is 0 Å². The number of thioether (sulfide) groups is 1. The molecule has 1 unspecified atom stereocenters. The van der Waals surface area contributed by atoms with Gasteiger partial charge in [-0.25, -0.2) is 4.98 Å². The highest BCUT2D eigenvalue weighted by Gasteiger charge is 2.08. The van der Waals surface area contributed by atoms with Gasteiger partial charge in [0.1, 0.15) is 0 Å². The number of nitrogens with zero attached hydrogens (tertiary/aromatic N) is 2. The monoisotopic (exact) mass is 246 g/mol. The molecular weight excluding hydrogens is 228 g/mol. The molecule has 1 atom stereocenters. The van der Waals surface area contributed by atoms with Crippen LogP contribution in [0.4, 0.5) is 0 Å². The van der Waals surface area contributed by atoms with E-state index in [0.29, 0.717) is 5.88 Å². The van der Waals surface area contributed by atoms with E-state index in [1.807, 2.05) is 25.0 Å². The van der Waals surface area contributed by atoms with Gasteiger partial charge >= 0.3 is 0 Å². The Bertz CT molecular complexity index is 299. The van der Waals surface area contributed by atoms with Crippen molar-refractivity contribution in [3.8, 4) is 0 Å². The van der Waals surface area contributed by atoms with E-state index in [-0.39, 0.29) is 0 Å². The predicted molar refractivity (Wildman–Crippen MR) is 67.6 cm³/mol. The standard InChI is InChI=1S/C11H19ClN2S/c1-4-5-9(2)8-15-11-13-7-10(6-12)14(11)3/h7,9H,4-6,8H2,1-3H3. The largest absolute Gasteiger partial charge is 0.325 e. The molecule has 0 aromatic carbocycles. The second kappa shape index (κ2) is 6.44. The second-order valence-corrected chi connectivity index (χ2v) is 5.18. The Hall–Kier alpha value is -0.150. The van der Waals surface area contributed by atoms with Crippen molar-refractivity contribution in [2.75, 3.05) is 5.75 Å². The molecule has 0 aliphatic carbocycles. The Balaban J connectivity index is 2.47. The van der Waals surface area contributed by atoms with E-state index in [4.69, 9.17) is 11.6 Å². The summed E-state index contributed by atoms with van der Waals surface area (Å²) in [4.78, 5) is 4.36. The molecule has 0 aliphatic rings. The summed E-state index contributed by atoms with van der Waals surface area (Å²) in [7, 11) is 2.03. The van der Waals surface area contributed by atoms with E-state index in [0.717, 1.165) is 22.5 Å². The van der Waals surface area contributed by atoms with Crippen molar-refractivity contribution in [2.24, 2.45) is 13.0 Å². The topological polar surface area (TPSA) is 17.8 Å². The lowest BCUT2D eigenvalue weighted by Gasteiger charge is -2.09. The first-order valence-corrected chi connectivity index (χ1v) is 6.90. The molecule has 0 amide bonds. The SMILES string of the molecule is CCCC(C)CSc1ncc(CCl)n1C. The zero-order valence-electron chi connectivity index (χ0n) is 9.66. The summed E-state index contributed by atoms with van der Waals surface area (Å²) in [6.07, 6.45) is 4.41. The van der Waals surface area contributed by atoms with Crippen LogP contribution in [0.1, 0.15) is 32.4 Å². The van der Waals surface area contributed by atoms with Crippen LogP contribution < -0.4 is 0 Å². The van der Waals surface area contributed by atoms with Crippen LogP contribution in [-0.2, 0) is 12.9 Å². The third-order valence-corrected chi connectivity index (χ3v) is 4.10. The van der Waals surface area contributed by atoms with Gasteiger partial charge in [-0.05, 0) is 5.92 Å². The number of imidazole rings is 1. The van der Waals surface area contributed by atoms with E-state index < -0.39 is 0 Å². The van der Waals surface area contributed by atoms with Gasteiger partial charge in [0.25, 0.3) is 0 Å². The molecule has 1 aromatic heterocycles. The smallest absolute Gasteiger partial charge is 0.167 e. The average molecular weight is 247 g/mol. The van der Waals surface area contributed by atoms with Crippen LogP contribution in [0.2, 0.25) is 0 Å². The van der Waals surface area contributed by atoms with Gasteiger partial charge in [-0.1, -0.05) is 38.5 Å². The first kappa shape index (κ1) is 12.9. The quantitative estimate of drug-likeness (QED) is 0.563. The lowest BCUT2D eigenvalue weighted by Crippen LogP contribution is -2.00. The van der Waals surface area contributed by atoms with E-state index >= 15 is 0 Å². The minimum absolute atomic E-state index is 0.536. The molecular formula is C11H19ClN2S. The average Bonchev–Trinajstić information content (AvgIpc) is 2.57. The number of hydrogen-bond donors (Lipinski definition) is 0. The highest BCUT2D eigenvalue weighted by molar-refractivity contribution is 7.99. The fraction of sp³-hybridized carbons (Fsp3) is 0.727. The molecule has 86 valence electrons. The summed E-state index contributed by atoms with van der Waals surface area (Å²) in [6, 6.07) is 0. The van der Waals surface area contributed by atoms with E-state index in [1.54, 1.807) is 0 Å². The van der Waals surface area contributed by atoms with Gasteiger partial charge in [0, 0.05) is 12.8 Å². The van der Waals surface area contributed by atoms with Gasteiger partial charge in [0.2, 0.25) is 0 Å². The number of alkyl halides is 1. The van der Waals surface area contributed by atoms with Gasteiger partial charge in [0.05, 0.1) is 17.8 Å². The summed E-state index contributed by atoms with van der Waals surface area (Å²) in [5, 5.41) is 1.08. The Morgan fingerprint density at radius 1 is 1.60 bits per heavy atom. The Morgan fingerprint density at radius 2 is 2.33 bits per heavy atom. The molecule has 2 nitrogen and oxygen atoms in total. The number of aromatic nitrogens is 2. The van der Waals surface area contributed by atoms with E-state index in [2.05, 4.69) is 23.4 Å². The molecule has 4 heteroatoms. The number of rotatable bonds is 6. The molecule has 1 rings (SSSR count). The predicted octanol–water partition coefficient (Wildman–Crippen LogP) is 3.69. The van der Waals surface area contributed by atoms with E-state index in [9.17, 15) is 0 Å². The molecule has 0 N–H and O–H groups in total. The summed E-state index contributed by atoms with van der Waals surface area (Å²) in [5.74, 6) is 2.44. The number of hydrogen-bond acceptors (Lipinski definition) is 2. The maximum atomic E-state index is 5.79. The summed E-state index contributed by atoms with van der Waals surface area (Å²) < 4.78 is 2.08. The second-order valence-electron chi connectivity index (χ2n) is 3.93. The van der Waals surface area contributed by atoms with Gasteiger partial charge in [0.15, 0.2) is 5.16 Å². The summed E-state index contributed by atoms with van der Waals surface area (Å²) in [5.41, 5.74) is 1.09. The van der Waals surface area contributed by atoms with Crippen molar-refractivity contribution in [2.45, 2.75) is 37.7 Å². The minimum atomic E-state index is 0.536.